The van der Waals surface area contributed by atoms with E-state index in [1.54, 1.807) is 7.11 Å². The van der Waals surface area contributed by atoms with E-state index in [2.05, 4.69) is 34.2 Å². The van der Waals surface area contributed by atoms with Gasteiger partial charge in [-0.05, 0) is 50.4 Å². The molecular weight excluding hydrogens is 354 g/mol. The van der Waals surface area contributed by atoms with Crippen LogP contribution < -0.4 is 15.8 Å². The molecule has 3 heterocycles. The molecule has 0 amide bonds. The van der Waals surface area contributed by atoms with Crippen LogP contribution in [-0.4, -0.2) is 56.9 Å². The van der Waals surface area contributed by atoms with Crippen molar-refractivity contribution in [2.24, 2.45) is 0 Å². The highest BCUT2D eigenvalue weighted by molar-refractivity contribution is 5.88. The van der Waals surface area contributed by atoms with Gasteiger partial charge in [0.05, 0.1) is 18.2 Å². The molecule has 0 bridgehead atoms. The normalized spacial score (nSPS) is 23.2. The molecule has 1 saturated heterocycles. The van der Waals surface area contributed by atoms with Crippen molar-refractivity contribution in [1.82, 2.24) is 10.2 Å². The van der Waals surface area contributed by atoms with Crippen LogP contribution >= 0.6 is 0 Å². The van der Waals surface area contributed by atoms with Crippen LogP contribution in [0.5, 0.6) is 0 Å². The molecule has 1 aliphatic carbocycles. The van der Waals surface area contributed by atoms with Crippen molar-refractivity contribution in [1.29, 1.82) is 0 Å². The zero-order valence-electron chi connectivity index (χ0n) is 16.8. The fraction of sp³-hybridized carbons (Fsp3) is 0.591. The van der Waals surface area contributed by atoms with Crippen molar-refractivity contribution in [3.63, 3.8) is 0 Å². The monoisotopic (exact) mass is 383 g/mol. The van der Waals surface area contributed by atoms with E-state index >= 15 is 0 Å². The molecule has 0 unspecified atom stereocenters. The molecule has 1 aromatic heterocycles. The van der Waals surface area contributed by atoms with Gasteiger partial charge in [0.1, 0.15) is 5.58 Å². The minimum Gasteiger partial charge on any atom is -0.422 e. The average molecular weight is 383 g/mol. The second-order valence-corrected chi connectivity index (χ2v) is 8.38. The van der Waals surface area contributed by atoms with Crippen molar-refractivity contribution in [2.75, 3.05) is 44.8 Å². The first kappa shape index (κ1) is 18.2. The van der Waals surface area contributed by atoms with Crippen LogP contribution in [0.3, 0.4) is 0 Å². The van der Waals surface area contributed by atoms with Gasteiger partial charge in [-0.2, -0.15) is 0 Å². The van der Waals surface area contributed by atoms with Gasteiger partial charge in [0.15, 0.2) is 0 Å². The Balaban J connectivity index is 1.51. The number of hydrogen-bond donors (Lipinski definition) is 1. The predicted molar refractivity (Wildman–Crippen MR) is 110 cm³/mol. The van der Waals surface area contributed by atoms with E-state index in [-0.39, 0.29) is 5.63 Å². The van der Waals surface area contributed by atoms with Crippen LogP contribution in [0.15, 0.2) is 21.3 Å². The zero-order valence-corrected chi connectivity index (χ0v) is 16.8. The molecule has 2 fully saturated rings. The minimum atomic E-state index is -0.189. The summed E-state index contributed by atoms with van der Waals surface area (Å²) in [7, 11) is 1.79. The lowest BCUT2D eigenvalue weighted by atomic mass is 9.96. The summed E-state index contributed by atoms with van der Waals surface area (Å²) in [6.07, 6.45) is 3.52. The number of hydrogen-bond acceptors (Lipinski definition) is 6. The maximum atomic E-state index is 12.5. The Hall–Kier alpha value is -1.89. The van der Waals surface area contributed by atoms with E-state index in [1.807, 2.05) is 0 Å². The van der Waals surface area contributed by atoms with Crippen molar-refractivity contribution in [3.8, 4) is 0 Å². The number of piperazine rings is 1. The summed E-state index contributed by atoms with van der Waals surface area (Å²) >= 11 is 0. The molecule has 6 heteroatoms. The Morgan fingerprint density at radius 1 is 1.25 bits per heavy atom. The predicted octanol–water partition coefficient (Wildman–Crippen LogP) is 2.05. The van der Waals surface area contributed by atoms with Gasteiger partial charge in [-0.1, -0.05) is 0 Å². The summed E-state index contributed by atoms with van der Waals surface area (Å²) in [5.74, 6) is 0. The highest BCUT2D eigenvalue weighted by Crippen LogP contribution is 2.35. The molecular formula is C22H29N3O3. The second-order valence-electron chi connectivity index (χ2n) is 8.38. The third-order valence-electron chi connectivity index (χ3n) is 6.61. The number of rotatable bonds is 4. The summed E-state index contributed by atoms with van der Waals surface area (Å²) in [4.78, 5) is 17.6. The smallest absolute Gasteiger partial charge is 0.341 e. The van der Waals surface area contributed by atoms with Crippen LogP contribution in [0, 0.1) is 6.92 Å². The van der Waals surface area contributed by atoms with Crippen molar-refractivity contribution < 1.29 is 9.15 Å². The standard InChI is InChI=1S/C22H29N3O3/c1-14-20(24-9-10-25(15-3-4-15)16(12-24)13-27-2)6-5-18-17-7-8-23-11-19(17)22(26)28-21(14)18/h5-6,15-16,23H,3-4,7-13H2,1-2H3/t16-/m1/s1. The third-order valence-corrected chi connectivity index (χ3v) is 6.61. The van der Waals surface area contributed by atoms with Gasteiger partial charge in [-0.25, -0.2) is 4.79 Å². The van der Waals surface area contributed by atoms with Crippen LogP contribution in [0.1, 0.15) is 29.5 Å². The lowest BCUT2D eigenvalue weighted by Gasteiger charge is -2.43. The summed E-state index contributed by atoms with van der Waals surface area (Å²) in [5, 5.41) is 4.37. The Morgan fingerprint density at radius 2 is 2.11 bits per heavy atom. The molecule has 150 valence electrons. The Bertz CT molecular complexity index is 950. The first-order chi connectivity index (χ1) is 13.7. The van der Waals surface area contributed by atoms with E-state index in [0.29, 0.717) is 12.6 Å². The number of ether oxygens (including phenoxy) is 1. The highest BCUT2D eigenvalue weighted by Gasteiger charge is 2.37. The molecule has 1 saturated carbocycles. The Labute approximate surface area is 165 Å². The number of aryl methyl sites for hydroxylation is 1. The summed E-state index contributed by atoms with van der Waals surface area (Å²) < 4.78 is 11.3. The van der Waals surface area contributed by atoms with Crippen LogP contribution in [0.2, 0.25) is 0 Å². The average Bonchev–Trinajstić information content (AvgIpc) is 3.55. The maximum absolute atomic E-state index is 12.5. The fourth-order valence-corrected chi connectivity index (χ4v) is 5.04. The van der Waals surface area contributed by atoms with Gasteiger partial charge in [0, 0.05) is 56.0 Å². The molecule has 0 radical (unpaired) electrons. The Kier molecular flexibility index (Phi) is 4.65. The van der Waals surface area contributed by atoms with Crippen molar-refractivity contribution >= 4 is 16.7 Å². The molecule has 0 spiro atoms. The topological polar surface area (TPSA) is 58.0 Å². The SMILES string of the molecule is COC[C@H]1CN(c2ccc3c4c(c(=O)oc3c2C)CNCC4)CCN1C1CC1. The molecule has 2 aliphatic heterocycles. The molecule has 3 aliphatic rings. The van der Waals surface area contributed by atoms with Gasteiger partial charge in [-0.3, -0.25) is 4.90 Å². The first-order valence-electron chi connectivity index (χ1n) is 10.5. The molecule has 1 aromatic carbocycles. The first-order valence-corrected chi connectivity index (χ1v) is 10.5. The molecule has 5 rings (SSSR count). The van der Waals surface area contributed by atoms with Gasteiger partial charge >= 0.3 is 5.63 Å². The maximum Gasteiger partial charge on any atom is 0.341 e. The van der Waals surface area contributed by atoms with Crippen LogP contribution in [0.4, 0.5) is 5.69 Å². The number of benzene rings is 1. The van der Waals surface area contributed by atoms with Gasteiger partial charge in [-0.15, -0.1) is 0 Å². The summed E-state index contributed by atoms with van der Waals surface area (Å²) in [6.45, 7) is 7.39. The molecule has 1 atom stereocenters. The lowest BCUT2D eigenvalue weighted by Crippen LogP contribution is -2.55. The number of nitrogens with zero attached hydrogens (tertiary/aromatic N) is 2. The number of nitrogens with one attached hydrogen (secondary N) is 1. The fourth-order valence-electron chi connectivity index (χ4n) is 5.04. The van der Waals surface area contributed by atoms with Gasteiger partial charge < -0.3 is 19.4 Å². The van der Waals surface area contributed by atoms with E-state index in [4.69, 9.17) is 9.15 Å². The molecule has 28 heavy (non-hydrogen) atoms. The molecule has 2 aromatic rings. The highest BCUT2D eigenvalue weighted by atomic mass is 16.5. The quantitative estimate of drug-likeness (QED) is 0.816. The van der Waals surface area contributed by atoms with Crippen LogP contribution in [0.25, 0.3) is 11.0 Å². The molecule has 1 N–H and O–H groups in total. The summed E-state index contributed by atoms with van der Waals surface area (Å²) in [5.41, 5.74) is 4.79. The van der Waals surface area contributed by atoms with E-state index in [1.165, 1.54) is 18.5 Å². The molecule has 6 nitrogen and oxygen atoms in total. The van der Waals surface area contributed by atoms with Crippen molar-refractivity contribution in [3.05, 3.63) is 39.2 Å². The van der Waals surface area contributed by atoms with E-state index in [0.717, 1.165) is 72.9 Å². The number of fused-ring (bicyclic) bond motifs is 3. The minimum absolute atomic E-state index is 0.189. The van der Waals surface area contributed by atoms with Gasteiger partial charge in [0.25, 0.3) is 0 Å². The number of methoxy groups -OCH3 is 1. The van der Waals surface area contributed by atoms with Gasteiger partial charge in [0.2, 0.25) is 0 Å². The van der Waals surface area contributed by atoms with Crippen LogP contribution in [-0.2, 0) is 17.7 Å². The van der Waals surface area contributed by atoms with Crippen molar-refractivity contribution in [2.45, 2.75) is 44.8 Å². The Morgan fingerprint density at radius 3 is 2.89 bits per heavy atom. The van der Waals surface area contributed by atoms with E-state index < -0.39 is 0 Å². The zero-order chi connectivity index (χ0) is 19.3. The third kappa shape index (κ3) is 3.04. The number of anilines is 1. The lowest BCUT2D eigenvalue weighted by molar-refractivity contribution is 0.0764. The largest absolute Gasteiger partial charge is 0.422 e. The van der Waals surface area contributed by atoms with E-state index in [9.17, 15) is 4.79 Å². The second kappa shape index (κ2) is 7.17. The summed E-state index contributed by atoms with van der Waals surface area (Å²) in [6, 6.07) is 5.54.